The molecule has 2 rings (SSSR count). The predicted octanol–water partition coefficient (Wildman–Crippen LogP) is 3.93. The first-order chi connectivity index (χ1) is 16.5. The van der Waals surface area contributed by atoms with E-state index in [1.807, 2.05) is 19.9 Å². The smallest absolute Gasteiger partial charge is 0.244 e. The Morgan fingerprint density at radius 1 is 1.06 bits per heavy atom. The number of amides is 2. The molecule has 0 aliphatic heterocycles. The highest BCUT2D eigenvalue weighted by molar-refractivity contribution is 7.92. The van der Waals surface area contributed by atoms with Gasteiger partial charge in [0.15, 0.2) is 0 Å². The van der Waals surface area contributed by atoms with Crippen molar-refractivity contribution in [2.24, 2.45) is 0 Å². The maximum atomic E-state index is 13.6. The van der Waals surface area contributed by atoms with Gasteiger partial charge >= 0.3 is 0 Å². The zero-order valence-electron chi connectivity index (χ0n) is 21.2. The summed E-state index contributed by atoms with van der Waals surface area (Å²) in [6.07, 6.45) is 3.12. The number of hydrogen-bond acceptors (Lipinski definition) is 4. The molecule has 0 radical (unpaired) electrons. The molecule has 0 fully saturated rings. The number of hydrogen-bond donors (Lipinski definition) is 1. The third-order valence-corrected chi connectivity index (χ3v) is 6.92. The van der Waals surface area contributed by atoms with Crippen molar-refractivity contribution in [1.82, 2.24) is 10.2 Å². The van der Waals surface area contributed by atoms with Crippen LogP contribution in [0.4, 0.5) is 10.1 Å². The molecule has 0 heterocycles. The molecular formula is C26H36FN3O4S. The molecule has 0 spiro atoms. The first-order valence-electron chi connectivity index (χ1n) is 11.8. The molecule has 2 aromatic carbocycles. The summed E-state index contributed by atoms with van der Waals surface area (Å²) in [5.41, 5.74) is 2.63. The molecule has 7 nitrogen and oxygen atoms in total. The second-order valence-electron chi connectivity index (χ2n) is 8.78. The molecule has 2 aromatic rings. The fourth-order valence-electron chi connectivity index (χ4n) is 3.80. The number of rotatable bonds is 12. The lowest BCUT2D eigenvalue weighted by Crippen LogP contribution is -2.52. The van der Waals surface area contributed by atoms with Gasteiger partial charge in [-0.1, -0.05) is 44.5 Å². The van der Waals surface area contributed by atoms with Crippen LogP contribution in [0.1, 0.15) is 49.8 Å². The molecule has 2 amide bonds. The van der Waals surface area contributed by atoms with E-state index in [0.29, 0.717) is 29.8 Å². The summed E-state index contributed by atoms with van der Waals surface area (Å²) < 4.78 is 40.0. The average Bonchev–Trinajstić information content (AvgIpc) is 2.79. The van der Waals surface area contributed by atoms with Crippen LogP contribution in [0.25, 0.3) is 0 Å². The monoisotopic (exact) mass is 505 g/mol. The summed E-state index contributed by atoms with van der Waals surface area (Å²) in [5.74, 6) is -1.22. The lowest BCUT2D eigenvalue weighted by atomic mass is 10.1. The summed E-state index contributed by atoms with van der Waals surface area (Å²) in [5, 5.41) is 2.87. The standard InChI is InChI=1S/C26H36FN3O4S/c1-6-8-15-28-26(32)23(7-2)29(17-21-11-13-22(27)14-12-21)25(31)18-30(35(5,33)34)24-16-19(3)9-10-20(24)4/h9-14,16,23H,6-8,15,17-18H2,1-5H3,(H,28,32)/t23-/m0/s1. The Hall–Kier alpha value is -2.94. The molecule has 0 aliphatic carbocycles. The van der Waals surface area contributed by atoms with Gasteiger partial charge in [-0.15, -0.1) is 0 Å². The topological polar surface area (TPSA) is 86.8 Å². The second-order valence-corrected chi connectivity index (χ2v) is 10.7. The van der Waals surface area contributed by atoms with E-state index in [-0.39, 0.29) is 12.5 Å². The Balaban J connectivity index is 2.43. The highest BCUT2D eigenvalue weighted by Gasteiger charge is 2.32. The van der Waals surface area contributed by atoms with Gasteiger partial charge in [-0.05, 0) is 61.6 Å². The first-order valence-corrected chi connectivity index (χ1v) is 13.7. The van der Waals surface area contributed by atoms with Crippen LogP contribution in [-0.2, 0) is 26.2 Å². The fourth-order valence-corrected chi connectivity index (χ4v) is 4.69. The lowest BCUT2D eigenvalue weighted by molar-refractivity contribution is -0.140. The summed E-state index contributed by atoms with van der Waals surface area (Å²) >= 11 is 0. The summed E-state index contributed by atoms with van der Waals surface area (Å²) in [6, 6.07) is 10.3. The third-order valence-electron chi connectivity index (χ3n) is 5.79. The Bertz CT molecular complexity index is 1120. The van der Waals surface area contributed by atoms with Gasteiger partial charge in [0.25, 0.3) is 0 Å². The number of sulfonamides is 1. The quantitative estimate of drug-likeness (QED) is 0.443. The van der Waals surface area contributed by atoms with E-state index in [9.17, 15) is 22.4 Å². The van der Waals surface area contributed by atoms with Crippen LogP contribution in [0, 0.1) is 19.7 Å². The van der Waals surface area contributed by atoms with Gasteiger partial charge in [0.05, 0.1) is 11.9 Å². The van der Waals surface area contributed by atoms with Gasteiger partial charge in [-0.2, -0.15) is 0 Å². The number of halogens is 1. The van der Waals surface area contributed by atoms with Crippen LogP contribution in [-0.4, -0.2) is 50.5 Å². The zero-order valence-corrected chi connectivity index (χ0v) is 22.0. The molecule has 1 atom stereocenters. The summed E-state index contributed by atoms with van der Waals surface area (Å²) in [4.78, 5) is 28.0. The van der Waals surface area contributed by atoms with E-state index in [1.165, 1.54) is 17.0 Å². The van der Waals surface area contributed by atoms with Crippen molar-refractivity contribution >= 4 is 27.5 Å². The molecule has 0 aliphatic rings. The number of carbonyl (C=O) groups excluding carboxylic acids is 2. The molecule has 0 aromatic heterocycles. The van der Waals surface area contributed by atoms with E-state index in [2.05, 4.69) is 5.32 Å². The van der Waals surface area contributed by atoms with Crippen molar-refractivity contribution in [2.75, 3.05) is 23.7 Å². The number of benzene rings is 2. The molecule has 9 heteroatoms. The number of unbranched alkanes of at least 4 members (excludes halogenated alkanes) is 1. The molecule has 192 valence electrons. The number of carbonyl (C=O) groups is 2. The van der Waals surface area contributed by atoms with Crippen molar-refractivity contribution < 1.29 is 22.4 Å². The minimum atomic E-state index is -3.80. The van der Waals surface area contributed by atoms with Crippen molar-refractivity contribution in [3.05, 3.63) is 65.0 Å². The van der Waals surface area contributed by atoms with Crippen molar-refractivity contribution in [3.63, 3.8) is 0 Å². The SMILES string of the molecule is CCCCNC(=O)[C@H](CC)N(Cc1ccc(F)cc1)C(=O)CN(c1cc(C)ccc1C)S(C)(=O)=O. The Morgan fingerprint density at radius 3 is 2.29 bits per heavy atom. The minimum absolute atomic E-state index is 0.0449. The highest BCUT2D eigenvalue weighted by atomic mass is 32.2. The molecule has 35 heavy (non-hydrogen) atoms. The van der Waals surface area contributed by atoms with E-state index < -0.39 is 34.3 Å². The van der Waals surface area contributed by atoms with Crippen LogP contribution in [0.2, 0.25) is 0 Å². The molecule has 0 bridgehead atoms. The van der Waals surface area contributed by atoms with Crippen LogP contribution < -0.4 is 9.62 Å². The number of nitrogens with zero attached hydrogens (tertiary/aromatic N) is 2. The van der Waals surface area contributed by atoms with Gasteiger partial charge in [0.1, 0.15) is 18.4 Å². The maximum Gasteiger partial charge on any atom is 0.244 e. The van der Waals surface area contributed by atoms with Gasteiger partial charge in [-0.3, -0.25) is 13.9 Å². The van der Waals surface area contributed by atoms with Gasteiger partial charge < -0.3 is 10.2 Å². The van der Waals surface area contributed by atoms with Crippen LogP contribution in [0.5, 0.6) is 0 Å². The molecular weight excluding hydrogens is 469 g/mol. The maximum absolute atomic E-state index is 13.6. The molecule has 0 saturated heterocycles. The van der Waals surface area contributed by atoms with Crippen molar-refractivity contribution in [1.29, 1.82) is 0 Å². The van der Waals surface area contributed by atoms with Gasteiger partial charge in [0.2, 0.25) is 21.8 Å². The first kappa shape index (κ1) is 28.3. The third kappa shape index (κ3) is 8.06. The summed E-state index contributed by atoms with van der Waals surface area (Å²) in [7, 11) is -3.80. The molecule has 0 saturated carbocycles. The summed E-state index contributed by atoms with van der Waals surface area (Å²) in [6.45, 7) is 7.52. The predicted molar refractivity (Wildman–Crippen MR) is 137 cm³/mol. The lowest BCUT2D eigenvalue weighted by Gasteiger charge is -2.33. The number of aryl methyl sites for hydroxylation is 2. The fraction of sp³-hybridized carbons (Fsp3) is 0.462. The van der Waals surface area contributed by atoms with E-state index >= 15 is 0 Å². The van der Waals surface area contributed by atoms with Crippen LogP contribution in [0.15, 0.2) is 42.5 Å². The molecule has 1 N–H and O–H groups in total. The Morgan fingerprint density at radius 2 is 1.71 bits per heavy atom. The average molecular weight is 506 g/mol. The molecule has 0 unspecified atom stereocenters. The van der Waals surface area contributed by atoms with E-state index in [0.717, 1.165) is 29.0 Å². The van der Waals surface area contributed by atoms with Crippen molar-refractivity contribution in [2.45, 2.75) is 59.5 Å². The Labute approximate surface area is 208 Å². The van der Waals surface area contributed by atoms with Gasteiger partial charge in [-0.25, -0.2) is 12.8 Å². The van der Waals surface area contributed by atoms with E-state index in [4.69, 9.17) is 0 Å². The second kappa shape index (κ2) is 12.7. The Kier molecular flexibility index (Phi) is 10.2. The van der Waals surface area contributed by atoms with Gasteiger partial charge in [0, 0.05) is 13.1 Å². The minimum Gasteiger partial charge on any atom is -0.354 e. The normalized spacial score (nSPS) is 12.2. The van der Waals surface area contributed by atoms with Crippen LogP contribution in [0.3, 0.4) is 0 Å². The van der Waals surface area contributed by atoms with Crippen molar-refractivity contribution in [3.8, 4) is 0 Å². The van der Waals surface area contributed by atoms with Crippen LogP contribution >= 0.6 is 0 Å². The van der Waals surface area contributed by atoms with E-state index in [1.54, 1.807) is 38.1 Å². The zero-order chi connectivity index (χ0) is 26.2. The highest BCUT2D eigenvalue weighted by Crippen LogP contribution is 2.25. The largest absolute Gasteiger partial charge is 0.354 e. The number of anilines is 1. The number of nitrogens with one attached hydrogen (secondary N) is 1.